The second-order valence-corrected chi connectivity index (χ2v) is 7.59. The van der Waals surface area contributed by atoms with E-state index in [9.17, 15) is 8.42 Å². The zero-order chi connectivity index (χ0) is 12.6. The highest BCUT2D eigenvalue weighted by atomic mass is 32.2. The Morgan fingerprint density at radius 2 is 1.72 bits per heavy atom. The normalized spacial score (nSPS) is 35.6. The maximum atomic E-state index is 12.7. The summed E-state index contributed by atoms with van der Waals surface area (Å²) >= 11 is 0. The van der Waals surface area contributed by atoms with Crippen LogP contribution in [0, 0.1) is 5.92 Å². The van der Waals surface area contributed by atoms with Crippen molar-refractivity contribution >= 4 is 10.2 Å². The van der Waals surface area contributed by atoms with Crippen LogP contribution in [0.15, 0.2) is 0 Å². The molecule has 2 unspecified atom stereocenters. The molecule has 6 heteroatoms. The summed E-state index contributed by atoms with van der Waals surface area (Å²) in [6, 6.07) is 0.200. The van der Waals surface area contributed by atoms with Crippen LogP contribution in [0.5, 0.6) is 0 Å². The minimum Gasteiger partial charge on any atom is -0.315 e. The molecule has 3 heterocycles. The summed E-state index contributed by atoms with van der Waals surface area (Å²) < 4.78 is 28.9. The maximum Gasteiger partial charge on any atom is 0.282 e. The van der Waals surface area contributed by atoms with Crippen LogP contribution in [0.4, 0.5) is 0 Å². The fourth-order valence-electron chi connectivity index (χ4n) is 3.56. The van der Waals surface area contributed by atoms with E-state index in [4.69, 9.17) is 0 Å². The quantitative estimate of drug-likeness (QED) is 0.792. The number of hydrogen-bond donors (Lipinski definition) is 1. The van der Waals surface area contributed by atoms with Crippen molar-refractivity contribution in [3.63, 3.8) is 0 Å². The molecule has 3 fully saturated rings. The molecule has 0 amide bonds. The Kier molecular flexibility index (Phi) is 3.62. The molecule has 0 aromatic rings. The summed E-state index contributed by atoms with van der Waals surface area (Å²) in [4.78, 5) is 0. The highest BCUT2D eigenvalue weighted by Gasteiger charge is 2.43. The van der Waals surface area contributed by atoms with Crippen LogP contribution in [0.2, 0.25) is 0 Å². The summed E-state index contributed by atoms with van der Waals surface area (Å²) in [6.07, 6.45) is 5.37. The van der Waals surface area contributed by atoms with Crippen molar-refractivity contribution in [1.29, 1.82) is 0 Å². The SMILES string of the molecule is O=S(=O)(N1CCCCC1)N1CCCC2CNCC21. The molecule has 5 nitrogen and oxygen atoms in total. The molecule has 1 N–H and O–H groups in total. The van der Waals surface area contributed by atoms with Crippen LogP contribution in [0.3, 0.4) is 0 Å². The molecule has 0 aromatic carbocycles. The van der Waals surface area contributed by atoms with Crippen LogP contribution in [0.1, 0.15) is 32.1 Å². The van der Waals surface area contributed by atoms with Gasteiger partial charge in [-0.25, -0.2) is 0 Å². The first-order chi connectivity index (χ1) is 8.69. The van der Waals surface area contributed by atoms with Crippen molar-refractivity contribution < 1.29 is 8.42 Å². The summed E-state index contributed by atoms with van der Waals surface area (Å²) in [7, 11) is -3.21. The largest absolute Gasteiger partial charge is 0.315 e. The lowest BCUT2D eigenvalue weighted by Crippen LogP contribution is -2.54. The van der Waals surface area contributed by atoms with Gasteiger partial charge in [0.25, 0.3) is 10.2 Å². The number of piperidine rings is 2. The smallest absolute Gasteiger partial charge is 0.282 e. The van der Waals surface area contributed by atoms with Gasteiger partial charge in [-0.3, -0.25) is 0 Å². The molecule has 0 bridgehead atoms. The number of hydrogen-bond acceptors (Lipinski definition) is 3. The van der Waals surface area contributed by atoms with Crippen LogP contribution >= 0.6 is 0 Å². The highest BCUT2D eigenvalue weighted by molar-refractivity contribution is 7.86. The first kappa shape index (κ1) is 12.8. The van der Waals surface area contributed by atoms with Gasteiger partial charge in [0.15, 0.2) is 0 Å². The molecular formula is C12H23N3O2S. The van der Waals surface area contributed by atoms with E-state index in [2.05, 4.69) is 5.32 Å². The predicted octanol–water partition coefficient (Wildman–Crippen LogP) is 0.401. The molecule has 3 saturated heterocycles. The van der Waals surface area contributed by atoms with Crippen molar-refractivity contribution in [2.75, 3.05) is 32.7 Å². The van der Waals surface area contributed by atoms with Gasteiger partial charge in [0.1, 0.15) is 0 Å². The van der Waals surface area contributed by atoms with Crippen LogP contribution in [-0.4, -0.2) is 55.8 Å². The van der Waals surface area contributed by atoms with E-state index in [0.717, 1.165) is 32.4 Å². The fourth-order valence-corrected chi connectivity index (χ4v) is 5.52. The molecule has 0 spiro atoms. The minimum absolute atomic E-state index is 0.200. The van der Waals surface area contributed by atoms with Gasteiger partial charge in [0, 0.05) is 32.2 Å². The monoisotopic (exact) mass is 273 g/mol. The Bertz CT molecular complexity index is 392. The average Bonchev–Trinajstić information content (AvgIpc) is 2.87. The van der Waals surface area contributed by atoms with E-state index in [1.807, 2.05) is 0 Å². The number of nitrogens with zero attached hydrogens (tertiary/aromatic N) is 2. The molecule has 104 valence electrons. The van der Waals surface area contributed by atoms with Crippen LogP contribution in [0.25, 0.3) is 0 Å². The molecule has 0 aromatic heterocycles. The van der Waals surface area contributed by atoms with E-state index in [1.165, 1.54) is 12.8 Å². The zero-order valence-corrected chi connectivity index (χ0v) is 11.7. The third-order valence-electron chi connectivity index (χ3n) is 4.57. The minimum atomic E-state index is -3.21. The zero-order valence-electron chi connectivity index (χ0n) is 10.8. The Morgan fingerprint density at radius 1 is 0.944 bits per heavy atom. The fraction of sp³-hybridized carbons (Fsp3) is 1.00. The van der Waals surface area contributed by atoms with Gasteiger partial charge in [0.05, 0.1) is 0 Å². The van der Waals surface area contributed by atoms with Gasteiger partial charge in [-0.05, 0) is 38.1 Å². The standard InChI is InChI=1S/C12H23N3O2S/c16-18(17,14-6-2-1-3-7-14)15-8-4-5-11-9-13-10-12(11)15/h11-13H,1-10H2. The number of rotatable bonds is 2. The molecule has 0 radical (unpaired) electrons. The molecule has 3 aliphatic heterocycles. The van der Waals surface area contributed by atoms with Crippen LogP contribution in [-0.2, 0) is 10.2 Å². The van der Waals surface area contributed by atoms with Gasteiger partial charge >= 0.3 is 0 Å². The van der Waals surface area contributed by atoms with Gasteiger partial charge in [-0.2, -0.15) is 17.0 Å². The summed E-state index contributed by atoms with van der Waals surface area (Å²) in [6.45, 7) is 3.95. The molecule has 3 rings (SSSR count). The Labute approximate surface area is 110 Å². The van der Waals surface area contributed by atoms with E-state index in [-0.39, 0.29) is 6.04 Å². The summed E-state index contributed by atoms with van der Waals surface area (Å²) in [5.41, 5.74) is 0. The lowest BCUT2D eigenvalue weighted by atomic mass is 9.94. The average molecular weight is 273 g/mol. The van der Waals surface area contributed by atoms with Gasteiger partial charge in [-0.15, -0.1) is 0 Å². The van der Waals surface area contributed by atoms with Crippen LogP contribution < -0.4 is 5.32 Å². The van der Waals surface area contributed by atoms with Crippen molar-refractivity contribution in [1.82, 2.24) is 13.9 Å². The van der Waals surface area contributed by atoms with E-state index < -0.39 is 10.2 Å². The second-order valence-electron chi connectivity index (χ2n) is 5.71. The third-order valence-corrected chi connectivity index (χ3v) is 6.63. The van der Waals surface area contributed by atoms with E-state index in [0.29, 0.717) is 25.6 Å². The van der Waals surface area contributed by atoms with E-state index >= 15 is 0 Å². The lowest BCUT2D eigenvalue weighted by Gasteiger charge is -2.39. The first-order valence-electron chi connectivity index (χ1n) is 7.17. The predicted molar refractivity (Wildman–Crippen MR) is 70.4 cm³/mol. The van der Waals surface area contributed by atoms with Gasteiger partial charge in [-0.1, -0.05) is 6.42 Å². The number of nitrogens with one attached hydrogen (secondary N) is 1. The molecular weight excluding hydrogens is 250 g/mol. The van der Waals surface area contributed by atoms with E-state index in [1.54, 1.807) is 8.61 Å². The van der Waals surface area contributed by atoms with Crippen molar-refractivity contribution in [2.45, 2.75) is 38.1 Å². The van der Waals surface area contributed by atoms with Crippen molar-refractivity contribution in [3.8, 4) is 0 Å². The maximum absolute atomic E-state index is 12.7. The molecule has 0 aliphatic carbocycles. The van der Waals surface area contributed by atoms with Gasteiger partial charge in [0.2, 0.25) is 0 Å². The van der Waals surface area contributed by atoms with Crippen molar-refractivity contribution in [2.24, 2.45) is 5.92 Å². The second kappa shape index (κ2) is 5.07. The molecule has 2 atom stereocenters. The summed E-state index contributed by atoms with van der Waals surface area (Å²) in [5.74, 6) is 0.526. The Hall–Kier alpha value is -0.170. The summed E-state index contributed by atoms with van der Waals surface area (Å²) in [5, 5.41) is 3.34. The molecule has 3 aliphatic rings. The van der Waals surface area contributed by atoms with Crippen molar-refractivity contribution in [3.05, 3.63) is 0 Å². The Balaban J connectivity index is 1.79. The third kappa shape index (κ3) is 2.19. The highest BCUT2D eigenvalue weighted by Crippen LogP contribution is 2.30. The lowest BCUT2D eigenvalue weighted by molar-refractivity contribution is 0.197. The molecule has 18 heavy (non-hydrogen) atoms. The van der Waals surface area contributed by atoms with Gasteiger partial charge < -0.3 is 5.32 Å². The topological polar surface area (TPSA) is 52.7 Å². The first-order valence-corrected chi connectivity index (χ1v) is 8.57. The molecule has 0 saturated carbocycles. The Morgan fingerprint density at radius 3 is 2.50 bits per heavy atom. The number of fused-ring (bicyclic) bond motifs is 1.